The highest BCUT2D eigenvalue weighted by molar-refractivity contribution is 6.46. The summed E-state index contributed by atoms with van der Waals surface area (Å²) >= 11 is 17.4. The molecule has 0 fully saturated rings. The van der Waals surface area contributed by atoms with Crippen LogP contribution in [0.5, 0.6) is 5.75 Å². The molecule has 9 heteroatoms. The summed E-state index contributed by atoms with van der Waals surface area (Å²) in [5.74, 6) is -0.561. The zero-order chi connectivity index (χ0) is 16.3. The number of nitrogen functional groups attached to an aromatic ring is 1. The van der Waals surface area contributed by atoms with Crippen molar-refractivity contribution in [1.82, 2.24) is 10.4 Å². The molecule has 0 radical (unpaired) electrons. The van der Waals surface area contributed by atoms with Gasteiger partial charge in [0, 0.05) is 0 Å². The number of benzene rings is 1. The van der Waals surface area contributed by atoms with Crippen molar-refractivity contribution in [2.24, 2.45) is 5.10 Å². The van der Waals surface area contributed by atoms with Crippen LogP contribution in [0.1, 0.15) is 16.1 Å². The number of carbonyl (C=O) groups excluding carboxylic acids is 1. The van der Waals surface area contributed by atoms with Crippen LogP contribution in [0.25, 0.3) is 0 Å². The fourth-order valence-electron chi connectivity index (χ4n) is 1.46. The average Bonchev–Trinajstić information content (AvgIpc) is 2.50. The van der Waals surface area contributed by atoms with Gasteiger partial charge in [-0.25, -0.2) is 10.4 Å². The lowest BCUT2D eigenvalue weighted by molar-refractivity contribution is 0.0950. The monoisotopic (exact) mass is 358 g/mol. The van der Waals surface area contributed by atoms with Gasteiger partial charge in [-0.2, -0.15) is 5.10 Å². The summed E-state index contributed by atoms with van der Waals surface area (Å²) in [6.07, 6.45) is 1.38. The Morgan fingerprint density at radius 1 is 1.23 bits per heavy atom. The van der Waals surface area contributed by atoms with Crippen LogP contribution in [0.15, 0.2) is 29.4 Å². The Morgan fingerprint density at radius 3 is 2.50 bits per heavy atom. The average molecular weight is 360 g/mol. The van der Waals surface area contributed by atoms with Crippen LogP contribution in [0.3, 0.4) is 0 Å². The van der Waals surface area contributed by atoms with Crippen LogP contribution < -0.4 is 11.2 Å². The molecule has 0 aliphatic rings. The summed E-state index contributed by atoms with van der Waals surface area (Å²) in [7, 11) is 0. The first-order chi connectivity index (χ1) is 10.4. The second-order valence-electron chi connectivity index (χ2n) is 4.08. The van der Waals surface area contributed by atoms with Crippen molar-refractivity contribution < 1.29 is 9.90 Å². The third-order valence-electron chi connectivity index (χ3n) is 2.56. The summed E-state index contributed by atoms with van der Waals surface area (Å²) in [4.78, 5) is 15.7. The predicted octanol–water partition coefficient (Wildman–Crippen LogP) is 3.09. The van der Waals surface area contributed by atoms with E-state index in [2.05, 4.69) is 15.5 Å². The fourth-order valence-corrected chi connectivity index (χ4v) is 2.05. The van der Waals surface area contributed by atoms with Crippen molar-refractivity contribution in [2.75, 3.05) is 5.73 Å². The van der Waals surface area contributed by atoms with E-state index < -0.39 is 5.91 Å². The second kappa shape index (κ2) is 6.83. The van der Waals surface area contributed by atoms with Crippen molar-refractivity contribution in [3.8, 4) is 5.75 Å². The molecule has 0 saturated heterocycles. The molecule has 114 valence electrons. The number of carbonyl (C=O) groups is 1. The number of hydrogen-bond donors (Lipinski definition) is 3. The molecule has 0 aliphatic carbocycles. The number of hydrogen-bond acceptors (Lipinski definition) is 5. The smallest absolute Gasteiger partial charge is 0.291 e. The number of amides is 1. The third-order valence-corrected chi connectivity index (χ3v) is 3.70. The van der Waals surface area contributed by atoms with Crippen LogP contribution in [0.2, 0.25) is 15.2 Å². The summed E-state index contributed by atoms with van der Waals surface area (Å²) in [6, 6.07) is 6.21. The van der Waals surface area contributed by atoms with Gasteiger partial charge >= 0.3 is 0 Å². The van der Waals surface area contributed by atoms with E-state index in [1.807, 2.05) is 0 Å². The number of phenolic OH excluding ortho intramolecular Hbond substituents is 1. The van der Waals surface area contributed by atoms with Crippen molar-refractivity contribution in [3.05, 3.63) is 50.7 Å². The van der Waals surface area contributed by atoms with E-state index in [0.29, 0.717) is 5.56 Å². The number of nitrogens with one attached hydrogen (secondary N) is 1. The number of nitrogens with zero attached hydrogens (tertiary/aromatic N) is 2. The van der Waals surface area contributed by atoms with Gasteiger partial charge in [-0.3, -0.25) is 4.79 Å². The molecule has 2 aromatic rings. The number of hydrazone groups is 1. The number of rotatable bonds is 3. The molecule has 1 aromatic heterocycles. The molecule has 1 heterocycles. The molecule has 1 amide bonds. The summed E-state index contributed by atoms with van der Waals surface area (Å²) < 4.78 is 0. The molecular weight excluding hydrogens is 351 g/mol. The third kappa shape index (κ3) is 3.59. The number of anilines is 1. The highest BCUT2D eigenvalue weighted by atomic mass is 35.5. The van der Waals surface area contributed by atoms with Crippen molar-refractivity contribution in [3.63, 3.8) is 0 Å². The van der Waals surface area contributed by atoms with E-state index >= 15 is 0 Å². The van der Waals surface area contributed by atoms with Crippen LogP contribution in [-0.4, -0.2) is 22.2 Å². The van der Waals surface area contributed by atoms with Gasteiger partial charge < -0.3 is 10.8 Å². The van der Waals surface area contributed by atoms with Gasteiger partial charge in [-0.1, -0.05) is 34.8 Å². The van der Waals surface area contributed by atoms with Gasteiger partial charge in [0.05, 0.1) is 16.9 Å². The van der Waals surface area contributed by atoms with Gasteiger partial charge in [0.2, 0.25) is 0 Å². The molecule has 2 rings (SSSR count). The van der Waals surface area contributed by atoms with Crippen molar-refractivity contribution in [1.29, 1.82) is 0 Å². The van der Waals surface area contributed by atoms with Crippen LogP contribution in [0.4, 0.5) is 5.69 Å². The van der Waals surface area contributed by atoms with E-state index in [4.69, 9.17) is 45.6 Å². The molecule has 4 N–H and O–H groups in total. The number of aromatic hydroxyl groups is 1. The van der Waals surface area contributed by atoms with E-state index in [1.54, 1.807) is 12.1 Å². The van der Waals surface area contributed by atoms with Crippen LogP contribution >= 0.6 is 34.8 Å². The van der Waals surface area contributed by atoms with Crippen molar-refractivity contribution in [2.45, 2.75) is 0 Å². The maximum Gasteiger partial charge on any atom is 0.291 e. The lowest BCUT2D eigenvalue weighted by Gasteiger charge is -2.07. The fraction of sp³-hybridized carbons (Fsp3) is 0. The molecule has 1 aromatic carbocycles. The predicted molar refractivity (Wildman–Crippen MR) is 86.8 cm³/mol. The second-order valence-corrected chi connectivity index (χ2v) is 5.20. The number of phenols is 1. The zero-order valence-corrected chi connectivity index (χ0v) is 13.1. The molecule has 0 aliphatic heterocycles. The van der Waals surface area contributed by atoms with Crippen LogP contribution in [0, 0.1) is 0 Å². The number of nitrogens with two attached hydrogens (primary N) is 1. The first-order valence-corrected chi connectivity index (χ1v) is 6.96. The first kappa shape index (κ1) is 16.4. The molecule has 6 nitrogen and oxygen atoms in total. The van der Waals surface area contributed by atoms with E-state index in [1.165, 1.54) is 18.3 Å². The van der Waals surface area contributed by atoms with E-state index in [9.17, 15) is 4.79 Å². The van der Waals surface area contributed by atoms with E-state index in [0.717, 1.165) is 0 Å². The molecule has 0 atom stereocenters. The molecule has 0 saturated carbocycles. The Balaban J connectivity index is 2.15. The normalized spacial score (nSPS) is 10.9. The standard InChI is InChI=1S/C13H9Cl3N4O2/c14-8-10(17)9(15)12(16)19-11(8)13(22)20-18-5-6-1-3-7(21)4-2-6/h1-5,21H,(H2,17,19)(H,20,22). The van der Waals surface area contributed by atoms with Gasteiger partial charge in [0.15, 0.2) is 10.8 Å². The lowest BCUT2D eigenvalue weighted by atomic mass is 10.2. The van der Waals surface area contributed by atoms with Gasteiger partial charge in [-0.05, 0) is 29.8 Å². The highest BCUT2D eigenvalue weighted by Crippen LogP contribution is 2.34. The SMILES string of the molecule is Nc1c(Cl)c(Cl)nc(C(=O)NN=Cc2ccc(O)cc2)c1Cl. The topological polar surface area (TPSA) is 101 Å². The largest absolute Gasteiger partial charge is 0.508 e. The summed E-state index contributed by atoms with van der Waals surface area (Å²) in [5.41, 5.74) is 8.32. The number of aromatic nitrogens is 1. The van der Waals surface area contributed by atoms with Gasteiger partial charge in [-0.15, -0.1) is 0 Å². The summed E-state index contributed by atoms with van der Waals surface area (Å²) in [5, 5.41) is 12.6. The quantitative estimate of drug-likeness (QED) is 0.445. The maximum absolute atomic E-state index is 12.0. The molecule has 0 spiro atoms. The van der Waals surface area contributed by atoms with E-state index in [-0.39, 0.29) is 32.3 Å². The van der Waals surface area contributed by atoms with Crippen LogP contribution in [-0.2, 0) is 0 Å². The maximum atomic E-state index is 12.0. The minimum Gasteiger partial charge on any atom is -0.508 e. The summed E-state index contributed by atoms with van der Waals surface area (Å²) in [6.45, 7) is 0. The highest BCUT2D eigenvalue weighted by Gasteiger charge is 2.19. The Morgan fingerprint density at radius 2 is 1.86 bits per heavy atom. The zero-order valence-electron chi connectivity index (χ0n) is 10.8. The Kier molecular flexibility index (Phi) is 5.07. The molecule has 22 heavy (non-hydrogen) atoms. The van der Waals surface area contributed by atoms with Gasteiger partial charge in [0.25, 0.3) is 5.91 Å². The molecular formula is C13H9Cl3N4O2. The number of pyridine rings is 1. The van der Waals surface area contributed by atoms with Crippen molar-refractivity contribution >= 4 is 52.6 Å². The Labute approximate surface area is 140 Å². The van der Waals surface area contributed by atoms with Gasteiger partial charge in [0.1, 0.15) is 10.8 Å². The Bertz CT molecular complexity index is 748. The minimum absolute atomic E-state index is 0.0178. The first-order valence-electron chi connectivity index (χ1n) is 5.82. The lowest BCUT2D eigenvalue weighted by Crippen LogP contribution is -2.20. The minimum atomic E-state index is -0.690. The number of halogens is 3. The Hall–Kier alpha value is -2.02. The molecule has 0 bridgehead atoms. The molecule has 0 unspecified atom stereocenters.